The molecule has 8 heteroatoms. The first-order valence-electron chi connectivity index (χ1n) is 8.99. The zero-order chi connectivity index (χ0) is 21.2. The van der Waals surface area contributed by atoms with Gasteiger partial charge >= 0.3 is 12.2 Å². The van der Waals surface area contributed by atoms with Gasteiger partial charge < -0.3 is 10.6 Å². The van der Waals surface area contributed by atoms with Gasteiger partial charge in [-0.2, -0.15) is 18.3 Å². The fraction of sp³-hybridized carbons (Fsp3) is 0.238. The molecule has 0 aliphatic carbocycles. The molecule has 5 nitrogen and oxygen atoms in total. The van der Waals surface area contributed by atoms with Crippen LogP contribution in [0.15, 0.2) is 48.5 Å². The summed E-state index contributed by atoms with van der Waals surface area (Å²) in [5, 5.41) is 9.36. The Morgan fingerprint density at radius 2 is 1.66 bits per heavy atom. The van der Waals surface area contributed by atoms with Crippen molar-refractivity contribution in [2.45, 2.75) is 33.5 Å². The summed E-state index contributed by atoms with van der Waals surface area (Å²) in [6, 6.07) is 12.0. The van der Waals surface area contributed by atoms with Crippen molar-refractivity contribution in [1.29, 1.82) is 0 Å². The number of alkyl halides is 3. The number of amides is 2. The van der Waals surface area contributed by atoms with Crippen molar-refractivity contribution in [3.05, 3.63) is 76.6 Å². The molecule has 0 unspecified atom stereocenters. The van der Waals surface area contributed by atoms with Crippen molar-refractivity contribution < 1.29 is 18.0 Å². The van der Waals surface area contributed by atoms with Crippen molar-refractivity contribution in [2.75, 3.05) is 10.6 Å². The Kier molecular flexibility index (Phi) is 5.63. The fourth-order valence-electron chi connectivity index (χ4n) is 3.09. The number of urea groups is 1. The highest BCUT2D eigenvalue weighted by molar-refractivity contribution is 6.01. The minimum atomic E-state index is -4.56. The van der Waals surface area contributed by atoms with E-state index in [0.717, 1.165) is 17.2 Å². The molecule has 0 radical (unpaired) electrons. The van der Waals surface area contributed by atoms with Crippen LogP contribution in [0.25, 0.3) is 0 Å². The molecule has 2 aromatic carbocycles. The topological polar surface area (TPSA) is 59.0 Å². The van der Waals surface area contributed by atoms with Crippen molar-refractivity contribution in [2.24, 2.45) is 0 Å². The van der Waals surface area contributed by atoms with Crippen LogP contribution >= 0.6 is 0 Å². The molecule has 2 N–H and O–H groups in total. The molecule has 2 amide bonds. The van der Waals surface area contributed by atoms with Gasteiger partial charge in [-0.25, -0.2) is 4.79 Å². The Hall–Kier alpha value is -3.29. The smallest absolute Gasteiger partial charge is 0.307 e. The van der Waals surface area contributed by atoms with Crippen LogP contribution in [0, 0.1) is 20.8 Å². The number of nitrogens with one attached hydrogen (secondary N) is 2. The van der Waals surface area contributed by atoms with E-state index in [4.69, 9.17) is 0 Å². The second kappa shape index (κ2) is 7.98. The molecule has 0 aliphatic heterocycles. The van der Waals surface area contributed by atoms with Gasteiger partial charge in [0.25, 0.3) is 0 Å². The van der Waals surface area contributed by atoms with Crippen LogP contribution in [0.5, 0.6) is 0 Å². The molecule has 0 bridgehead atoms. The summed E-state index contributed by atoms with van der Waals surface area (Å²) in [7, 11) is 0. The predicted molar refractivity (Wildman–Crippen MR) is 106 cm³/mol. The molecule has 1 heterocycles. The summed E-state index contributed by atoms with van der Waals surface area (Å²) in [5.74, 6) is 0. The third-order valence-electron chi connectivity index (χ3n) is 4.68. The summed E-state index contributed by atoms with van der Waals surface area (Å²) < 4.78 is 41.1. The number of nitrogens with zero attached hydrogens (tertiary/aromatic N) is 2. The van der Waals surface area contributed by atoms with E-state index in [9.17, 15) is 18.0 Å². The number of hydrogen-bond acceptors (Lipinski definition) is 2. The molecular formula is C21H21F3N4O. The lowest BCUT2D eigenvalue weighted by Gasteiger charge is -2.14. The van der Waals surface area contributed by atoms with Gasteiger partial charge in [-0.1, -0.05) is 36.4 Å². The van der Waals surface area contributed by atoms with Crippen molar-refractivity contribution in [3.63, 3.8) is 0 Å². The second-order valence-corrected chi connectivity index (χ2v) is 6.75. The molecule has 3 rings (SSSR count). The van der Waals surface area contributed by atoms with E-state index in [0.29, 0.717) is 23.6 Å². The lowest BCUT2D eigenvalue weighted by molar-refractivity contribution is -0.136. The Labute approximate surface area is 166 Å². The number of benzene rings is 2. The summed E-state index contributed by atoms with van der Waals surface area (Å²) in [4.78, 5) is 12.4. The lowest BCUT2D eigenvalue weighted by atomic mass is 10.1. The van der Waals surface area contributed by atoms with E-state index >= 15 is 0 Å². The maximum Gasteiger partial charge on any atom is 0.418 e. The molecule has 0 spiro atoms. The molecule has 29 heavy (non-hydrogen) atoms. The zero-order valence-corrected chi connectivity index (χ0v) is 16.3. The van der Waals surface area contributed by atoms with Gasteiger partial charge in [0.2, 0.25) is 0 Å². The normalized spacial score (nSPS) is 11.4. The molecule has 1 aromatic heterocycles. The van der Waals surface area contributed by atoms with Crippen molar-refractivity contribution in [3.8, 4) is 0 Å². The average Bonchev–Trinajstić information content (AvgIpc) is 2.90. The molecular weight excluding hydrogens is 381 g/mol. The van der Waals surface area contributed by atoms with Gasteiger partial charge in [0.05, 0.1) is 34.9 Å². The highest BCUT2D eigenvalue weighted by atomic mass is 19.4. The number of carbonyl (C=O) groups excluding carboxylic acids is 1. The van der Waals surface area contributed by atoms with E-state index in [1.165, 1.54) is 18.2 Å². The van der Waals surface area contributed by atoms with E-state index in [1.54, 1.807) is 18.5 Å². The quantitative estimate of drug-likeness (QED) is 0.604. The van der Waals surface area contributed by atoms with E-state index < -0.39 is 17.8 Å². The standard InChI is InChI=1S/C21H21F3N4O/c1-13-8-4-5-9-16(13)12-28-15(3)19(14(2)27-28)26-20(29)25-18-11-7-6-10-17(18)21(22,23)24/h4-11H,12H2,1-3H3,(H2,25,26,29). The maximum absolute atomic E-state index is 13.1. The molecule has 3 aromatic rings. The van der Waals surface area contributed by atoms with Crippen LogP contribution in [0.1, 0.15) is 28.1 Å². The Morgan fingerprint density at radius 1 is 1.00 bits per heavy atom. The molecule has 0 fully saturated rings. The average molecular weight is 402 g/mol. The monoisotopic (exact) mass is 402 g/mol. The molecule has 0 saturated carbocycles. The second-order valence-electron chi connectivity index (χ2n) is 6.75. The highest BCUT2D eigenvalue weighted by Crippen LogP contribution is 2.34. The van der Waals surface area contributed by atoms with Crippen LogP contribution in [0.3, 0.4) is 0 Å². The van der Waals surface area contributed by atoms with Crippen molar-refractivity contribution >= 4 is 17.4 Å². The van der Waals surface area contributed by atoms with Crippen LogP contribution in [-0.2, 0) is 12.7 Å². The largest absolute Gasteiger partial charge is 0.418 e. The first kappa shape index (κ1) is 20.4. The molecule has 0 atom stereocenters. The number of anilines is 2. The summed E-state index contributed by atoms with van der Waals surface area (Å²) in [6.45, 7) is 6.07. The minimum absolute atomic E-state index is 0.305. The Bertz CT molecular complexity index is 1040. The van der Waals surface area contributed by atoms with E-state index in [-0.39, 0.29) is 5.69 Å². The predicted octanol–water partition coefficient (Wildman–Crippen LogP) is 5.52. The van der Waals surface area contributed by atoms with E-state index in [1.807, 2.05) is 31.2 Å². The summed E-state index contributed by atoms with van der Waals surface area (Å²) >= 11 is 0. The number of halogens is 3. The van der Waals surface area contributed by atoms with Gasteiger partial charge in [0, 0.05) is 0 Å². The number of aryl methyl sites for hydroxylation is 2. The molecule has 0 aliphatic rings. The van der Waals surface area contributed by atoms with E-state index in [2.05, 4.69) is 15.7 Å². The van der Waals surface area contributed by atoms with Gasteiger partial charge in [-0.15, -0.1) is 0 Å². The number of hydrogen-bond donors (Lipinski definition) is 2. The fourth-order valence-corrected chi connectivity index (χ4v) is 3.09. The maximum atomic E-state index is 13.1. The van der Waals surface area contributed by atoms with Gasteiger partial charge in [-0.05, 0) is 44.0 Å². The molecule has 0 saturated heterocycles. The van der Waals surface area contributed by atoms with Gasteiger partial charge in [0.1, 0.15) is 0 Å². The summed E-state index contributed by atoms with van der Waals surface area (Å²) in [6.07, 6.45) is -4.56. The lowest BCUT2D eigenvalue weighted by Crippen LogP contribution is -2.22. The van der Waals surface area contributed by atoms with Gasteiger partial charge in [0.15, 0.2) is 0 Å². The van der Waals surface area contributed by atoms with Gasteiger partial charge in [-0.3, -0.25) is 4.68 Å². The first-order chi connectivity index (χ1) is 13.7. The number of para-hydroxylation sites is 1. The highest BCUT2D eigenvalue weighted by Gasteiger charge is 2.33. The number of rotatable bonds is 4. The zero-order valence-electron chi connectivity index (χ0n) is 16.3. The van der Waals surface area contributed by atoms with Crippen LogP contribution < -0.4 is 10.6 Å². The van der Waals surface area contributed by atoms with Crippen molar-refractivity contribution in [1.82, 2.24) is 9.78 Å². The van der Waals surface area contributed by atoms with Crippen LogP contribution in [-0.4, -0.2) is 15.8 Å². The SMILES string of the molecule is Cc1ccccc1Cn1nc(C)c(NC(=O)Nc2ccccc2C(F)(F)F)c1C. The Morgan fingerprint density at radius 3 is 2.34 bits per heavy atom. The third-order valence-corrected chi connectivity index (χ3v) is 4.68. The summed E-state index contributed by atoms with van der Waals surface area (Å²) in [5.41, 5.74) is 2.77. The Balaban J connectivity index is 1.79. The minimum Gasteiger partial charge on any atom is -0.307 e. The first-order valence-corrected chi connectivity index (χ1v) is 8.99. The third kappa shape index (κ3) is 4.59. The number of carbonyl (C=O) groups is 1. The molecule has 152 valence electrons. The van der Waals surface area contributed by atoms with Crippen LogP contribution in [0.2, 0.25) is 0 Å². The van der Waals surface area contributed by atoms with Crippen LogP contribution in [0.4, 0.5) is 29.3 Å². The number of aromatic nitrogens is 2.